The minimum absolute atomic E-state index is 0.240. The van der Waals surface area contributed by atoms with Crippen LogP contribution in [-0.2, 0) is 0 Å². The fraction of sp³-hybridized carbons (Fsp3) is 0.0588. The standard InChI is InChI=1S/C17H10BrClF2/c18-17(14-6-5-10(20)9-15(14)19)13-7-8-16(21)12-4-2-1-3-11(12)13/h1-9,17H. The van der Waals surface area contributed by atoms with Gasteiger partial charge in [-0.05, 0) is 34.7 Å². The Labute approximate surface area is 134 Å². The molecule has 0 aliphatic heterocycles. The fourth-order valence-electron chi connectivity index (χ4n) is 2.38. The van der Waals surface area contributed by atoms with Crippen LogP contribution in [0.25, 0.3) is 10.8 Å². The number of fused-ring (bicyclic) bond motifs is 1. The molecule has 3 rings (SSSR count). The lowest BCUT2D eigenvalue weighted by Gasteiger charge is -2.15. The van der Waals surface area contributed by atoms with E-state index in [-0.39, 0.29) is 16.5 Å². The predicted molar refractivity (Wildman–Crippen MR) is 86.1 cm³/mol. The van der Waals surface area contributed by atoms with Gasteiger partial charge in [0.05, 0.1) is 4.83 Å². The Balaban J connectivity index is 2.18. The van der Waals surface area contributed by atoms with E-state index >= 15 is 0 Å². The number of halogens is 4. The molecule has 0 N–H and O–H groups in total. The van der Waals surface area contributed by atoms with Gasteiger partial charge in [-0.3, -0.25) is 0 Å². The van der Waals surface area contributed by atoms with Crippen LogP contribution in [0.1, 0.15) is 16.0 Å². The smallest absolute Gasteiger partial charge is 0.131 e. The van der Waals surface area contributed by atoms with Gasteiger partial charge in [-0.25, -0.2) is 8.78 Å². The second kappa shape index (κ2) is 5.74. The van der Waals surface area contributed by atoms with Gasteiger partial charge in [0, 0.05) is 10.4 Å². The molecule has 21 heavy (non-hydrogen) atoms. The van der Waals surface area contributed by atoms with Crippen molar-refractivity contribution < 1.29 is 8.78 Å². The highest BCUT2D eigenvalue weighted by Gasteiger charge is 2.17. The first-order valence-corrected chi connectivity index (χ1v) is 7.63. The van der Waals surface area contributed by atoms with Crippen LogP contribution in [0.2, 0.25) is 5.02 Å². The first-order valence-electron chi connectivity index (χ1n) is 6.34. The molecule has 0 spiro atoms. The maximum Gasteiger partial charge on any atom is 0.131 e. The molecule has 4 heteroatoms. The highest BCUT2D eigenvalue weighted by Crippen LogP contribution is 2.39. The van der Waals surface area contributed by atoms with Gasteiger partial charge in [-0.2, -0.15) is 0 Å². The van der Waals surface area contributed by atoms with Crippen molar-refractivity contribution in [2.75, 3.05) is 0 Å². The number of benzene rings is 3. The summed E-state index contributed by atoms with van der Waals surface area (Å²) in [7, 11) is 0. The molecule has 0 amide bonds. The van der Waals surface area contributed by atoms with Gasteiger partial charge >= 0.3 is 0 Å². The first-order chi connectivity index (χ1) is 10.1. The molecular formula is C17H10BrClF2. The Morgan fingerprint density at radius 1 is 0.857 bits per heavy atom. The minimum Gasteiger partial charge on any atom is -0.207 e. The van der Waals surface area contributed by atoms with Crippen LogP contribution in [0.15, 0.2) is 54.6 Å². The Hall–Kier alpha value is -1.45. The van der Waals surface area contributed by atoms with E-state index in [1.807, 2.05) is 12.1 Å². The molecular weight excluding hydrogens is 358 g/mol. The van der Waals surface area contributed by atoms with Gasteiger partial charge in [-0.15, -0.1) is 0 Å². The fourth-order valence-corrected chi connectivity index (χ4v) is 3.59. The summed E-state index contributed by atoms with van der Waals surface area (Å²) < 4.78 is 27.0. The van der Waals surface area contributed by atoms with Gasteiger partial charge < -0.3 is 0 Å². The first kappa shape index (κ1) is 14.5. The number of alkyl halides is 1. The van der Waals surface area contributed by atoms with E-state index in [0.29, 0.717) is 10.4 Å². The molecule has 1 unspecified atom stereocenters. The lowest BCUT2D eigenvalue weighted by molar-refractivity contribution is 0.627. The van der Waals surface area contributed by atoms with Crippen molar-refractivity contribution in [3.63, 3.8) is 0 Å². The molecule has 0 aliphatic carbocycles. The summed E-state index contributed by atoms with van der Waals surface area (Å²) in [6, 6.07) is 14.7. The average molecular weight is 368 g/mol. The molecule has 0 heterocycles. The van der Waals surface area contributed by atoms with Crippen molar-refractivity contribution >= 4 is 38.3 Å². The van der Waals surface area contributed by atoms with E-state index in [1.54, 1.807) is 24.3 Å². The highest BCUT2D eigenvalue weighted by atomic mass is 79.9. The van der Waals surface area contributed by atoms with Crippen LogP contribution < -0.4 is 0 Å². The van der Waals surface area contributed by atoms with Crippen LogP contribution in [-0.4, -0.2) is 0 Å². The topological polar surface area (TPSA) is 0 Å². The maximum absolute atomic E-state index is 13.9. The zero-order valence-electron chi connectivity index (χ0n) is 10.8. The summed E-state index contributed by atoms with van der Waals surface area (Å²) >= 11 is 9.70. The zero-order chi connectivity index (χ0) is 15.0. The zero-order valence-corrected chi connectivity index (χ0v) is 13.1. The van der Waals surface area contributed by atoms with Crippen molar-refractivity contribution in [1.82, 2.24) is 0 Å². The van der Waals surface area contributed by atoms with Crippen molar-refractivity contribution in [2.24, 2.45) is 0 Å². The molecule has 0 nitrogen and oxygen atoms in total. The van der Waals surface area contributed by atoms with Crippen molar-refractivity contribution in [1.29, 1.82) is 0 Å². The Morgan fingerprint density at radius 2 is 1.52 bits per heavy atom. The number of rotatable bonds is 2. The van der Waals surface area contributed by atoms with E-state index in [9.17, 15) is 8.78 Å². The van der Waals surface area contributed by atoms with Gasteiger partial charge in [0.15, 0.2) is 0 Å². The van der Waals surface area contributed by atoms with E-state index in [0.717, 1.165) is 16.5 Å². The number of hydrogen-bond donors (Lipinski definition) is 0. The minimum atomic E-state index is -0.382. The Bertz CT molecular complexity index is 817. The number of hydrogen-bond acceptors (Lipinski definition) is 0. The molecule has 3 aromatic carbocycles. The van der Waals surface area contributed by atoms with Gasteiger partial charge in [-0.1, -0.05) is 63.9 Å². The average Bonchev–Trinajstić information content (AvgIpc) is 2.47. The van der Waals surface area contributed by atoms with Crippen LogP contribution in [0.3, 0.4) is 0 Å². The lowest BCUT2D eigenvalue weighted by Crippen LogP contribution is -1.97. The summed E-state index contributed by atoms with van der Waals surface area (Å²) in [5, 5.41) is 1.70. The van der Waals surface area contributed by atoms with Crippen LogP contribution in [0.4, 0.5) is 8.78 Å². The Morgan fingerprint density at radius 3 is 2.24 bits per heavy atom. The maximum atomic E-state index is 13.9. The molecule has 1 atom stereocenters. The van der Waals surface area contributed by atoms with E-state index in [2.05, 4.69) is 15.9 Å². The van der Waals surface area contributed by atoms with Gasteiger partial charge in [0.2, 0.25) is 0 Å². The summed E-state index contributed by atoms with van der Waals surface area (Å²) in [5.41, 5.74) is 1.63. The summed E-state index contributed by atoms with van der Waals surface area (Å²) in [6.07, 6.45) is 0. The summed E-state index contributed by atoms with van der Waals surface area (Å²) in [4.78, 5) is -0.240. The molecule has 0 fully saturated rings. The SMILES string of the molecule is Fc1ccc(C(Br)c2ccc(F)c3ccccc23)c(Cl)c1. The van der Waals surface area contributed by atoms with Crippen molar-refractivity contribution in [3.8, 4) is 0 Å². The van der Waals surface area contributed by atoms with E-state index < -0.39 is 0 Å². The van der Waals surface area contributed by atoms with Gasteiger partial charge in [0.25, 0.3) is 0 Å². The molecule has 0 aromatic heterocycles. The van der Waals surface area contributed by atoms with Crippen LogP contribution >= 0.6 is 27.5 Å². The molecule has 0 radical (unpaired) electrons. The van der Waals surface area contributed by atoms with E-state index in [4.69, 9.17) is 11.6 Å². The van der Waals surface area contributed by atoms with Gasteiger partial charge in [0.1, 0.15) is 11.6 Å². The lowest BCUT2D eigenvalue weighted by atomic mass is 9.98. The molecule has 106 valence electrons. The van der Waals surface area contributed by atoms with Crippen molar-refractivity contribution in [2.45, 2.75) is 4.83 Å². The molecule has 0 saturated carbocycles. The largest absolute Gasteiger partial charge is 0.207 e. The Kier molecular flexibility index (Phi) is 3.96. The molecule has 0 aliphatic rings. The normalized spacial score (nSPS) is 12.6. The summed E-state index contributed by atoms with van der Waals surface area (Å²) in [5.74, 6) is -0.647. The van der Waals surface area contributed by atoms with Crippen LogP contribution in [0.5, 0.6) is 0 Å². The summed E-state index contributed by atoms with van der Waals surface area (Å²) in [6.45, 7) is 0. The molecule has 3 aromatic rings. The third kappa shape index (κ3) is 2.68. The van der Waals surface area contributed by atoms with Crippen LogP contribution in [0, 0.1) is 11.6 Å². The molecule has 0 bridgehead atoms. The van der Waals surface area contributed by atoms with Crippen molar-refractivity contribution in [3.05, 3.63) is 82.4 Å². The monoisotopic (exact) mass is 366 g/mol. The highest BCUT2D eigenvalue weighted by molar-refractivity contribution is 9.09. The quantitative estimate of drug-likeness (QED) is 0.469. The van der Waals surface area contributed by atoms with E-state index in [1.165, 1.54) is 18.2 Å². The second-order valence-electron chi connectivity index (χ2n) is 4.71. The second-order valence-corrected chi connectivity index (χ2v) is 6.03. The third-order valence-corrected chi connectivity index (χ3v) is 4.73. The predicted octanol–water partition coefficient (Wildman–Crippen LogP) is 6.26. The third-order valence-electron chi connectivity index (χ3n) is 3.41. The molecule has 0 saturated heterocycles.